The molecule has 33 heavy (non-hydrogen) atoms. The molecule has 1 aromatic carbocycles. The van der Waals surface area contributed by atoms with Crippen molar-refractivity contribution in [2.24, 2.45) is 5.92 Å². The zero-order chi connectivity index (χ0) is 23.4. The second kappa shape index (κ2) is 10.9. The average Bonchev–Trinajstić information content (AvgIpc) is 3.56. The molecule has 2 heterocycles. The molecule has 2 saturated heterocycles. The van der Waals surface area contributed by atoms with Gasteiger partial charge in [-0.05, 0) is 68.2 Å². The minimum Gasteiger partial charge on any atom is -0.496 e. The minimum absolute atomic E-state index is 0.0186. The number of carbonyl (C=O) groups excluding carboxylic acids is 2. The van der Waals surface area contributed by atoms with Crippen LogP contribution < -0.4 is 4.74 Å². The Balaban J connectivity index is 1.40. The Kier molecular flexibility index (Phi) is 7.91. The lowest BCUT2D eigenvalue weighted by atomic mass is 10.0. The number of hydrogen-bond donors (Lipinski definition) is 0. The molecule has 0 N–H and O–H groups in total. The first-order chi connectivity index (χ1) is 15.9. The fourth-order valence-electron chi connectivity index (χ4n) is 4.93. The monoisotopic (exact) mass is 457 g/mol. The molecular weight excluding hydrogens is 418 g/mol. The molecule has 0 spiro atoms. The molecule has 1 atom stereocenters. The fourth-order valence-corrected chi connectivity index (χ4v) is 4.93. The van der Waals surface area contributed by atoms with Crippen LogP contribution >= 0.6 is 0 Å². The number of benzene rings is 1. The molecule has 4 rings (SSSR count). The molecule has 0 radical (unpaired) electrons. The largest absolute Gasteiger partial charge is 0.496 e. The van der Waals surface area contributed by atoms with Crippen LogP contribution in [0.1, 0.15) is 48.8 Å². The van der Waals surface area contributed by atoms with E-state index in [-0.39, 0.29) is 17.9 Å². The number of amides is 2. The van der Waals surface area contributed by atoms with Crippen molar-refractivity contribution in [2.45, 2.75) is 58.6 Å². The molecule has 3 fully saturated rings. The van der Waals surface area contributed by atoms with E-state index in [4.69, 9.17) is 9.47 Å². The Morgan fingerprint density at radius 2 is 1.79 bits per heavy atom. The Morgan fingerprint density at radius 3 is 2.48 bits per heavy atom. The second-order valence-corrected chi connectivity index (χ2v) is 9.92. The minimum atomic E-state index is 0.0186. The Hall–Kier alpha value is -2.12. The first-order valence-electron chi connectivity index (χ1n) is 12.5. The first kappa shape index (κ1) is 24.0. The van der Waals surface area contributed by atoms with E-state index in [0.717, 1.165) is 56.9 Å². The van der Waals surface area contributed by atoms with E-state index >= 15 is 0 Å². The smallest absolute Gasteiger partial charge is 0.236 e. The van der Waals surface area contributed by atoms with E-state index < -0.39 is 0 Å². The van der Waals surface area contributed by atoms with Crippen LogP contribution in [0.5, 0.6) is 5.75 Å². The van der Waals surface area contributed by atoms with Crippen LogP contribution in [0, 0.1) is 19.8 Å². The maximum absolute atomic E-state index is 13.2. The van der Waals surface area contributed by atoms with Crippen molar-refractivity contribution < 1.29 is 19.1 Å². The number of ether oxygens (including phenoxy) is 2. The maximum Gasteiger partial charge on any atom is 0.236 e. The molecule has 2 aliphatic heterocycles. The van der Waals surface area contributed by atoms with Crippen molar-refractivity contribution in [1.29, 1.82) is 0 Å². The lowest BCUT2D eigenvalue weighted by Crippen LogP contribution is -2.40. The lowest BCUT2D eigenvalue weighted by Gasteiger charge is -2.26. The summed E-state index contributed by atoms with van der Waals surface area (Å²) in [7, 11) is 1.70. The number of rotatable bonds is 10. The predicted molar refractivity (Wildman–Crippen MR) is 127 cm³/mol. The number of likely N-dealkylation sites (tertiary alicyclic amines) is 1. The molecule has 1 unspecified atom stereocenters. The van der Waals surface area contributed by atoms with Crippen LogP contribution in [0.25, 0.3) is 0 Å². The van der Waals surface area contributed by atoms with Gasteiger partial charge in [0.2, 0.25) is 11.8 Å². The summed E-state index contributed by atoms with van der Waals surface area (Å²) in [5.74, 6) is 2.00. The van der Waals surface area contributed by atoms with Gasteiger partial charge in [0.25, 0.3) is 0 Å². The fraction of sp³-hybridized carbons (Fsp3) is 0.692. The molecular formula is C26H39N3O4. The summed E-state index contributed by atoms with van der Waals surface area (Å²) in [6, 6.07) is 4.13. The van der Waals surface area contributed by atoms with Gasteiger partial charge in [-0.3, -0.25) is 14.5 Å². The van der Waals surface area contributed by atoms with Crippen molar-refractivity contribution in [3.63, 3.8) is 0 Å². The Labute approximate surface area is 198 Å². The molecule has 1 saturated carbocycles. The van der Waals surface area contributed by atoms with Crippen LogP contribution in [0.3, 0.4) is 0 Å². The van der Waals surface area contributed by atoms with E-state index in [0.29, 0.717) is 32.0 Å². The zero-order valence-electron chi connectivity index (χ0n) is 20.5. The van der Waals surface area contributed by atoms with E-state index in [1.165, 1.54) is 24.0 Å². The van der Waals surface area contributed by atoms with Gasteiger partial charge in [0, 0.05) is 52.3 Å². The predicted octanol–water partition coefficient (Wildman–Crippen LogP) is 2.76. The molecule has 7 nitrogen and oxygen atoms in total. The Morgan fingerprint density at radius 1 is 1.00 bits per heavy atom. The second-order valence-electron chi connectivity index (χ2n) is 9.92. The van der Waals surface area contributed by atoms with E-state index in [2.05, 4.69) is 24.8 Å². The molecule has 1 aromatic rings. The average molecular weight is 458 g/mol. The molecule has 1 aliphatic carbocycles. The third kappa shape index (κ3) is 6.27. The maximum atomic E-state index is 13.2. The molecule has 2 amide bonds. The standard InChI is InChI=1S/C26H39N3O4/c1-19-20(2)24(32-3)10-9-22(19)14-27-15-23(33-18-21-7-8-21)16-29(26(31)17-27)13-5-12-28-11-4-6-25(28)30/h9-10,21,23H,4-8,11-18H2,1-3H3. The van der Waals surface area contributed by atoms with Crippen LogP contribution in [0.2, 0.25) is 0 Å². The Bertz CT molecular complexity index is 854. The van der Waals surface area contributed by atoms with E-state index in [9.17, 15) is 9.59 Å². The van der Waals surface area contributed by atoms with Crippen LogP contribution in [0.4, 0.5) is 0 Å². The van der Waals surface area contributed by atoms with Gasteiger partial charge >= 0.3 is 0 Å². The van der Waals surface area contributed by atoms with E-state index in [1.807, 2.05) is 15.9 Å². The van der Waals surface area contributed by atoms with Gasteiger partial charge in [-0.25, -0.2) is 0 Å². The highest BCUT2D eigenvalue weighted by Gasteiger charge is 2.31. The van der Waals surface area contributed by atoms with E-state index in [1.54, 1.807) is 7.11 Å². The molecule has 3 aliphatic rings. The van der Waals surface area contributed by atoms with Gasteiger partial charge in [-0.15, -0.1) is 0 Å². The van der Waals surface area contributed by atoms with Gasteiger partial charge in [0.05, 0.1) is 19.8 Å². The summed E-state index contributed by atoms with van der Waals surface area (Å²) in [5.41, 5.74) is 3.59. The quantitative estimate of drug-likeness (QED) is 0.541. The molecule has 0 aromatic heterocycles. The van der Waals surface area contributed by atoms with Crippen LogP contribution in [-0.2, 0) is 20.9 Å². The summed E-state index contributed by atoms with van der Waals surface area (Å²) in [5, 5.41) is 0. The van der Waals surface area contributed by atoms with Gasteiger partial charge < -0.3 is 19.3 Å². The van der Waals surface area contributed by atoms with Crippen molar-refractivity contribution in [3.8, 4) is 5.75 Å². The normalized spacial score (nSPS) is 22.2. The third-order valence-electron chi connectivity index (χ3n) is 7.35. The highest BCUT2D eigenvalue weighted by atomic mass is 16.5. The van der Waals surface area contributed by atoms with Crippen molar-refractivity contribution in [1.82, 2.24) is 14.7 Å². The topological polar surface area (TPSA) is 62.3 Å². The molecule has 7 heteroatoms. The SMILES string of the molecule is COc1ccc(CN2CC(=O)N(CCCN3CCCC3=O)CC(OCC3CC3)C2)c(C)c1C. The lowest BCUT2D eigenvalue weighted by molar-refractivity contribution is -0.132. The molecule has 182 valence electrons. The summed E-state index contributed by atoms with van der Waals surface area (Å²) >= 11 is 0. The first-order valence-corrected chi connectivity index (χ1v) is 12.5. The zero-order valence-corrected chi connectivity index (χ0v) is 20.5. The van der Waals surface area contributed by atoms with Crippen molar-refractivity contribution in [3.05, 3.63) is 28.8 Å². The summed E-state index contributed by atoms with van der Waals surface area (Å²) in [6.45, 7) is 9.79. The number of nitrogens with zero attached hydrogens (tertiary/aromatic N) is 3. The van der Waals surface area contributed by atoms with Crippen LogP contribution in [0.15, 0.2) is 12.1 Å². The van der Waals surface area contributed by atoms with Gasteiger partial charge in [0.15, 0.2) is 0 Å². The van der Waals surface area contributed by atoms with Crippen molar-refractivity contribution >= 4 is 11.8 Å². The van der Waals surface area contributed by atoms with Gasteiger partial charge in [-0.1, -0.05) is 6.07 Å². The number of methoxy groups -OCH3 is 1. The van der Waals surface area contributed by atoms with Gasteiger partial charge in [0.1, 0.15) is 5.75 Å². The summed E-state index contributed by atoms with van der Waals surface area (Å²) in [4.78, 5) is 31.2. The number of carbonyl (C=O) groups is 2. The van der Waals surface area contributed by atoms with Crippen LogP contribution in [-0.4, -0.2) is 85.6 Å². The summed E-state index contributed by atoms with van der Waals surface area (Å²) < 4.78 is 11.8. The highest BCUT2D eigenvalue weighted by molar-refractivity contribution is 5.79. The highest BCUT2D eigenvalue weighted by Crippen LogP contribution is 2.30. The van der Waals surface area contributed by atoms with Crippen molar-refractivity contribution in [2.75, 3.05) is 53.0 Å². The summed E-state index contributed by atoms with van der Waals surface area (Å²) in [6.07, 6.45) is 4.98. The van der Waals surface area contributed by atoms with Gasteiger partial charge in [-0.2, -0.15) is 0 Å². The number of hydrogen-bond acceptors (Lipinski definition) is 5. The molecule has 0 bridgehead atoms. The third-order valence-corrected chi connectivity index (χ3v) is 7.35.